The summed E-state index contributed by atoms with van der Waals surface area (Å²) in [4.78, 5) is 32.1. The Balaban J connectivity index is 3.47. The van der Waals surface area contributed by atoms with Crippen molar-refractivity contribution in [1.29, 1.82) is 0 Å². The second kappa shape index (κ2) is 8.82. The standard InChI is InChI=1S/C9H17N3O4S/c1-6(13)11-2-3-12-8(14)5-17-4-7(10)9(15)16/h7H,2-5,10H2,1H3,(H,11,13)(H,12,14)(H,15,16). The van der Waals surface area contributed by atoms with Crippen molar-refractivity contribution in [3.63, 3.8) is 0 Å². The Kier molecular flexibility index (Phi) is 8.16. The largest absolute Gasteiger partial charge is 0.480 e. The van der Waals surface area contributed by atoms with Crippen LogP contribution in [0.4, 0.5) is 0 Å². The third-order valence-corrected chi connectivity index (χ3v) is 2.73. The number of carboxylic acids is 1. The van der Waals surface area contributed by atoms with E-state index in [0.29, 0.717) is 13.1 Å². The van der Waals surface area contributed by atoms with Gasteiger partial charge in [-0.3, -0.25) is 14.4 Å². The van der Waals surface area contributed by atoms with E-state index >= 15 is 0 Å². The fourth-order valence-corrected chi connectivity index (χ4v) is 1.64. The van der Waals surface area contributed by atoms with Crippen molar-refractivity contribution in [1.82, 2.24) is 10.6 Å². The van der Waals surface area contributed by atoms with Gasteiger partial charge >= 0.3 is 5.97 Å². The van der Waals surface area contributed by atoms with Gasteiger partial charge in [0, 0.05) is 25.8 Å². The van der Waals surface area contributed by atoms with Crippen LogP contribution in [0, 0.1) is 0 Å². The van der Waals surface area contributed by atoms with E-state index in [9.17, 15) is 14.4 Å². The number of carbonyl (C=O) groups excluding carboxylic acids is 2. The van der Waals surface area contributed by atoms with Gasteiger partial charge in [-0.2, -0.15) is 0 Å². The molecule has 2 amide bonds. The van der Waals surface area contributed by atoms with Gasteiger partial charge in [0.25, 0.3) is 0 Å². The second-order valence-electron chi connectivity index (χ2n) is 3.29. The Bertz CT molecular complexity index is 285. The van der Waals surface area contributed by atoms with Gasteiger partial charge in [-0.25, -0.2) is 0 Å². The van der Waals surface area contributed by atoms with Crippen molar-refractivity contribution in [2.45, 2.75) is 13.0 Å². The molecular formula is C9H17N3O4S. The number of thioether (sulfide) groups is 1. The zero-order valence-electron chi connectivity index (χ0n) is 9.56. The van der Waals surface area contributed by atoms with E-state index in [1.54, 1.807) is 0 Å². The summed E-state index contributed by atoms with van der Waals surface area (Å²) in [5.41, 5.74) is 5.26. The summed E-state index contributed by atoms with van der Waals surface area (Å²) in [5, 5.41) is 13.6. The first-order valence-corrected chi connectivity index (χ1v) is 6.16. The lowest BCUT2D eigenvalue weighted by Gasteiger charge is -2.07. The van der Waals surface area contributed by atoms with Crippen LogP contribution in [0.3, 0.4) is 0 Å². The fraction of sp³-hybridized carbons (Fsp3) is 0.667. The van der Waals surface area contributed by atoms with Crippen molar-refractivity contribution in [3.8, 4) is 0 Å². The zero-order valence-corrected chi connectivity index (χ0v) is 10.4. The number of hydrogen-bond acceptors (Lipinski definition) is 5. The van der Waals surface area contributed by atoms with Crippen molar-refractivity contribution in [3.05, 3.63) is 0 Å². The first-order valence-electron chi connectivity index (χ1n) is 5.00. The van der Waals surface area contributed by atoms with Gasteiger partial charge in [-0.15, -0.1) is 11.8 Å². The molecule has 98 valence electrons. The lowest BCUT2D eigenvalue weighted by Crippen LogP contribution is -2.36. The molecule has 7 nitrogen and oxygen atoms in total. The van der Waals surface area contributed by atoms with Crippen LogP contribution in [-0.2, 0) is 14.4 Å². The molecule has 1 atom stereocenters. The van der Waals surface area contributed by atoms with E-state index in [1.807, 2.05) is 0 Å². The molecule has 0 aromatic heterocycles. The predicted molar refractivity (Wildman–Crippen MR) is 64.6 cm³/mol. The third kappa shape index (κ3) is 9.64. The maximum atomic E-state index is 11.2. The van der Waals surface area contributed by atoms with Crippen LogP contribution in [0.2, 0.25) is 0 Å². The average Bonchev–Trinajstić information content (AvgIpc) is 2.23. The Morgan fingerprint density at radius 2 is 1.88 bits per heavy atom. The lowest BCUT2D eigenvalue weighted by atomic mass is 10.4. The number of rotatable bonds is 8. The van der Waals surface area contributed by atoms with Crippen molar-refractivity contribution in [2.24, 2.45) is 5.73 Å². The highest BCUT2D eigenvalue weighted by Gasteiger charge is 2.11. The fourth-order valence-electron chi connectivity index (χ4n) is 0.841. The second-order valence-corrected chi connectivity index (χ2v) is 4.32. The molecule has 1 unspecified atom stereocenters. The molecule has 17 heavy (non-hydrogen) atoms. The van der Waals surface area contributed by atoms with Gasteiger partial charge in [-0.05, 0) is 0 Å². The van der Waals surface area contributed by atoms with Crippen molar-refractivity contribution < 1.29 is 19.5 Å². The molecule has 0 rings (SSSR count). The van der Waals surface area contributed by atoms with Crippen LogP contribution in [0.15, 0.2) is 0 Å². The summed E-state index contributed by atoms with van der Waals surface area (Å²) < 4.78 is 0. The average molecular weight is 263 g/mol. The summed E-state index contributed by atoms with van der Waals surface area (Å²) in [6, 6.07) is -0.952. The summed E-state index contributed by atoms with van der Waals surface area (Å²) in [7, 11) is 0. The Hall–Kier alpha value is -1.28. The third-order valence-electron chi connectivity index (χ3n) is 1.67. The van der Waals surface area contributed by atoms with Crippen molar-refractivity contribution in [2.75, 3.05) is 24.6 Å². The molecule has 0 aromatic carbocycles. The number of hydrogen-bond donors (Lipinski definition) is 4. The summed E-state index contributed by atoms with van der Waals surface area (Å²) in [6.45, 7) is 2.12. The topological polar surface area (TPSA) is 122 Å². The van der Waals surface area contributed by atoms with E-state index in [0.717, 1.165) is 11.8 Å². The van der Waals surface area contributed by atoms with Gasteiger partial charge in [0.15, 0.2) is 0 Å². The van der Waals surface area contributed by atoms with Gasteiger partial charge < -0.3 is 21.5 Å². The summed E-state index contributed by atoms with van der Waals surface area (Å²) >= 11 is 1.16. The maximum Gasteiger partial charge on any atom is 0.321 e. The molecule has 0 radical (unpaired) electrons. The van der Waals surface area contributed by atoms with Gasteiger partial charge in [0.2, 0.25) is 11.8 Å². The molecule has 0 aliphatic heterocycles. The number of carbonyl (C=O) groups is 3. The molecule has 0 aromatic rings. The number of aliphatic carboxylic acids is 1. The molecule has 0 fully saturated rings. The van der Waals surface area contributed by atoms with Crippen LogP contribution >= 0.6 is 11.8 Å². The van der Waals surface area contributed by atoms with E-state index in [4.69, 9.17) is 10.8 Å². The minimum absolute atomic E-state index is 0.152. The molecule has 0 bridgehead atoms. The van der Waals surface area contributed by atoms with Crippen molar-refractivity contribution >= 4 is 29.5 Å². The highest BCUT2D eigenvalue weighted by Crippen LogP contribution is 2.01. The highest BCUT2D eigenvalue weighted by atomic mass is 32.2. The van der Waals surface area contributed by atoms with Crippen LogP contribution in [0.5, 0.6) is 0 Å². The molecule has 0 saturated carbocycles. The predicted octanol–water partition coefficient (Wildman–Crippen LogP) is -1.62. The van der Waals surface area contributed by atoms with Gasteiger partial charge in [0.05, 0.1) is 5.75 Å². The van der Waals surface area contributed by atoms with Crippen LogP contribution in [-0.4, -0.2) is 53.5 Å². The Morgan fingerprint density at radius 1 is 1.29 bits per heavy atom. The molecule has 5 N–H and O–H groups in total. The quantitative estimate of drug-likeness (QED) is 0.391. The molecular weight excluding hydrogens is 246 g/mol. The number of carboxylic acid groups (broad SMARTS) is 1. The van der Waals surface area contributed by atoms with Crippen LogP contribution in [0.1, 0.15) is 6.92 Å². The zero-order chi connectivity index (χ0) is 13.3. The van der Waals surface area contributed by atoms with Crippen LogP contribution < -0.4 is 16.4 Å². The van der Waals surface area contributed by atoms with E-state index in [2.05, 4.69) is 10.6 Å². The Labute approximate surface area is 104 Å². The SMILES string of the molecule is CC(=O)NCCNC(=O)CSCC(N)C(=O)O. The van der Waals surface area contributed by atoms with Gasteiger partial charge in [-0.1, -0.05) is 0 Å². The van der Waals surface area contributed by atoms with E-state index in [1.165, 1.54) is 6.92 Å². The minimum atomic E-state index is -1.08. The molecule has 0 heterocycles. The Morgan fingerprint density at radius 3 is 2.41 bits per heavy atom. The first-order chi connectivity index (χ1) is 7.93. The smallest absolute Gasteiger partial charge is 0.321 e. The first kappa shape index (κ1) is 15.7. The molecule has 8 heteroatoms. The van der Waals surface area contributed by atoms with E-state index in [-0.39, 0.29) is 23.3 Å². The number of amides is 2. The highest BCUT2D eigenvalue weighted by molar-refractivity contribution is 8.00. The van der Waals surface area contributed by atoms with E-state index < -0.39 is 12.0 Å². The molecule has 0 spiro atoms. The summed E-state index contributed by atoms with van der Waals surface area (Å²) in [5.74, 6) is -1.10. The normalized spacial score (nSPS) is 11.6. The van der Waals surface area contributed by atoms with Crippen LogP contribution in [0.25, 0.3) is 0 Å². The minimum Gasteiger partial charge on any atom is -0.480 e. The lowest BCUT2D eigenvalue weighted by molar-refractivity contribution is -0.138. The molecule has 0 saturated heterocycles. The molecule has 0 aliphatic rings. The van der Waals surface area contributed by atoms with Gasteiger partial charge in [0.1, 0.15) is 6.04 Å². The summed E-state index contributed by atoms with van der Waals surface area (Å²) in [6.07, 6.45) is 0. The maximum absolute atomic E-state index is 11.2. The molecule has 0 aliphatic carbocycles. The monoisotopic (exact) mass is 263 g/mol. The number of nitrogens with two attached hydrogens (primary N) is 1. The number of nitrogens with one attached hydrogen (secondary N) is 2.